The highest BCUT2D eigenvalue weighted by Gasteiger charge is 2.15. The Morgan fingerprint density at radius 2 is 2.08 bits per heavy atom. The van der Waals surface area contributed by atoms with Crippen molar-refractivity contribution in [1.82, 2.24) is 4.98 Å². The molecule has 0 radical (unpaired) electrons. The number of fused-ring (bicyclic) bond motifs is 1. The fraction of sp³-hybridized carbons (Fsp3) is 0.0588. The Kier molecular flexibility index (Phi) is 4.06. The molecule has 0 fully saturated rings. The number of thiazole rings is 1. The summed E-state index contributed by atoms with van der Waals surface area (Å²) >= 11 is 4.64. The summed E-state index contributed by atoms with van der Waals surface area (Å²) in [4.78, 5) is 26.9. The molecule has 1 N–H and O–H groups in total. The van der Waals surface area contributed by atoms with E-state index in [2.05, 4.69) is 20.9 Å². The number of carbonyl (C=O) groups excluding carboxylic acids is 1. The number of ether oxygens (including phenoxy) is 2. The molecule has 1 aromatic carbocycles. The third kappa shape index (κ3) is 3.18. The SMILES string of the molecule is O=C(/C=c1/[nH]c(=O)/c(=C/c2cc3c(cc2Br)OCO3)s1)c1ccco1. The van der Waals surface area contributed by atoms with Gasteiger partial charge in [0.1, 0.15) is 0 Å². The average Bonchev–Trinajstić information content (AvgIpc) is 3.30. The number of furan rings is 1. The van der Waals surface area contributed by atoms with Crippen LogP contribution in [0.2, 0.25) is 0 Å². The van der Waals surface area contributed by atoms with Gasteiger partial charge in [-0.05, 0) is 35.9 Å². The summed E-state index contributed by atoms with van der Waals surface area (Å²) in [5.74, 6) is 1.20. The van der Waals surface area contributed by atoms with Gasteiger partial charge in [0.15, 0.2) is 17.3 Å². The minimum Gasteiger partial charge on any atom is -0.461 e. The summed E-state index contributed by atoms with van der Waals surface area (Å²) in [7, 11) is 0. The number of aromatic nitrogens is 1. The second-order valence-electron chi connectivity index (χ2n) is 5.14. The zero-order valence-electron chi connectivity index (χ0n) is 12.6. The molecule has 6 nitrogen and oxygen atoms in total. The van der Waals surface area contributed by atoms with E-state index in [1.54, 1.807) is 30.3 Å². The molecule has 8 heteroatoms. The van der Waals surface area contributed by atoms with Crippen LogP contribution in [0.1, 0.15) is 16.1 Å². The molecule has 0 bridgehead atoms. The van der Waals surface area contributed by atoms with Gasteiger partial charge in [-0.15, -0.1) is 11.3 Å². The van der Waals surface area contributed by atoms with Gasteiger partial charge in [-0.1, -0.05) is 15.9 Å². The zero-order chi connectivity index (χ0) is 17.4. The lowest BCUT2D eigenvalue weighted by Gasteiger charge is -2.00. The molecule has 2 aromatic heterocycles. The average molecular weight is 420 g/mol. The fourth-order valence-electron chi connectivity index (χ4n) is 2.32. The molecule has 0 spiro atoms. The van der Waals surface area contributed by atoms with Crippen LogP contribution in [-0.2, 0) is 0 Å². The Bertz CT molecular complexity index is 1130. The molecule has 0 amide bonds. The van der Waals surface area contributed by atoms with E-state index < -0.39 is 0 Å². The van der Waals surface area contributed by atoms with Crippen LogP contribution in [0.15, 0.2) is 44.2 Å². The van der Waals surface area contributed by atoms with Crippen LogP contribution < -0.4 is 24.2 Å². The zero-order valence-corrected chi connectivity index (χ0v) is 15.0. The van der Waals surface area contributed by atoms with Gasteiger partial charge in [0.05, 0.1) is 15.5 Å². The first-order valence-electron chi connectivity index (χ1n) is 7.20. The molecule has 0 atom stereocenters. The molecule has 1 aliphatic rings. The number of hydrogen-bond donors (Lipinski definition) is 1. The highest BCUT2D eigenvalue weighted by atomic mass is 79.9. The summed E-state index contributed by atoms with van der Waals surface area (Å²) in [6.45, 7) is 0.179. The van der Waals surface area contributed by atoms with E-state index in [1.807, 2.05) is 0 Å². The molecule has 0 unspecified atom stereocenters. The summed E-state index contributed by atoms with van der Waals surface area (Å²) in [6.07, 6.45) is 4.50. The summed E-state index contributed by atoms with van der Waals surface area (Å²) in [5, 5.41) is 0. The Balaban J connectivity index is 1.75. The van der Waals surface area contributed by atoms with Gasteiger partial charge >= 0.3 is 0 Å². The van der Waals surface area contributed by atoms with E-state index >= 15 is 0 Å². The third-order valence-electron chi connectivity index (χ3n) is 3.49. The van der Waals surface area contributed by atoms with Crippen LogP contribution in [0.5, 0.6) is 11.5 Å². The molecule has 0 saturated heterocycles. The van der Waals surface area contributed by atoms with Crippen molar-refractivity contribution in [3.05, 3.63) is 65.9 Å². The maximum absolute atomic E-state index is 12.2. The van der Waals surface area contributed by atoms with Gasteiger partial charge in [0, 0.05) is 10.5 Å². The number of nitrogens with one attached hydrogen (secondary N) is 1. The number of aromatic amines is 1. The lowest BCUT2D eigenvalue weighted by molar-refractivity contribution is 0.103. The fourth-order valence-corrected chi connectivity index (χ4v) is 3.63. The maximum atomic E-state index is 12.2. The lowest BCUT2D eigenvalue weighted by Crippen LogP contribution is -2.20. The molecular formula is C17H10BrNO5S. The molecule has 3 aromatic rings. The quantitative estimate of drug-likeness (QED) is 0.656. The van der Waals surface area contributed by atoms with Gasteiger partial charge in [0.25, 0.3) is 5.56 Å². The van der Waals surface area contributed by atoms with Gasteiger partial charge in [-0.2, -0.15) is 0 Å². The van der Waals surface area contributed by atoms with Crippen molar-refractivity contribution in [1.29, 1.82) is 0 Å². The highest BCUT2D eigenvalue weighted by Crippen LogP contribution is 2.37. The normalized spacial score (nSPS) is 14.3. The summed E-state index contributed by atoms with van der Waals surface area (Å²) in [6, 6.07) is 6.79. The Labute approximate surface area is 153 Å². The molecule has 25 heavy (non-hydrogen) atoms. The van der Waals surface area contributed by atoms with Crippen molar-refractivity contribution in [2.45, 2.75) is 0 Å². The molecule has 0 saturated carbocycles. The van der Waals surface area contributed by atoms with E-state index in [0.29, 0.717) is 20.7 Å². The number of H-pyrrole nitrogens is 1. The van der Waals surface area contributed by atoms with Crippen molar-refractivity contribution in [3.63, 3.8) is 0 Å². The van der Waals surface area contributed by atoms with Crippen LogP contribution >= 0.6 is 27.3 Å². The molecule has 126 valence electrons. The van der Waals surface area contributed by atoms with Crippen molar-refractivity contribution < 1.29 is 18.7 Å². The van der Waals surface area contributed by atoms with E-state index in [9.17, 15) is 9.59 Å². The Hall–Kier alpha value is -2.58. The van der Waals surface area contributed by atoms with Crippen molar-refractivity contribution in [2.75, 3.05) is 6.79 Å². The molecule has 4 rings (SSSR count). The predicted octanol–water partition coefficient (Wildman–Crippen LogP) is 2.01. The monoisotopic (exact) mass is 419 g/mol. The Morgan fingerprint density at radius 3 is 2.84 bits per heavy atom. The number of carbonyl (C=O) groups is 1. The topological polar surface area (TPSA) is 81.5 Å². The van der Waals surface area contributed by atoms with Gasteiger partial charge in [-0.25, -0.2) is 0 Å². The number of rotatable bonds is 3. The summed E-state index contributed by atoms with van der Waals surface area (Å²) < 4.78 is 17.4. The smallest absolute Gasteiger partial charge is 0.266 e. The standard InChI is InChI=1S/C17H10BrNO5S/c18-10-6-14-13(23-8-24-14)4-9(10)5-15-17(21)19-16(25-15)7-11(20)12-2-1-3-22-12/h1-7H,8H2,(H,19,21)/b15-5-,16-7-. The van der Waals surface area contributed by atoms with Gasteiger partial charge < -0.3 is 18.9 Å². The van der Waals surface area contributed by atoms with Crippen molar-refractivity contribution in [3.8, 4) is 11.5 Å². The predicted molar refractivity (Wildman–Crippen MR) is 95.5 cm³/mol. The minimum absolute atomic E-state index is 0.179. The van der Waals surface area contributed by atoms with Crippen LogP contribution in [0.4, 0.5) is 0 Å². The molecule has 3 heterocycles. The second kappa shape index (κ2) is 6.38. The Morgan fingerprint density at radius 1 is 1.28 bits per heavy atom. The van der Waals surface area contributed by atoms with Crippen LogP contribution in [0, 0.1) is 0 Å². The van der Waals surface area contributed by atoms with Gasteiger partial charge in [-0.3, -0.25) is 9.59 Å². The largest absolute Gasteiger partial charge is 0.461 e. The summed E-state index contributed by atoms with van der Waals surface area (Å²) in [5.41, 5.74) is 0.508. The first-order valence-corrected chi connectivity index (χ1v) is 8.81. The lowest BCUT2D eigenvalue weighted by atomic mass is 10.2. The second-order valence-corrected chi connectivity index (χ2v) is 7.08. The van der Waals surface area contributed by atoms with Gasteiger partial charge in [0.2, 0.25) is 12.6 Å². The number of hydrogen-bond acceptors (Lipinski definition) is 6. The molecule has 1 aliphatic heterocycles. The first kappa shape index (κ1) is 15.9. The van der Waals surface area contributed by atoms with E-state index in [1.165, 1.54) is 23.7 Å². The molecular weight excluding hydrogens is 410 g/mol. The van der Waals surface area contributed by atoms with Crippen molar-refractivity contribution >= 4 is 45.2 Å². The number of halogens is 1. The van der Waals surface area contributed by atoms with Crippen LogP contribution in [0.3, 0.4) is 0 Å². The molecule has 0 aliphatic carbocycles. The highest BCUT2D eigenvalue weighted by molar-refractivity contribution is 9.10. The third-order valence-corrected chi connectivity index (χ3v) is 5.13. The van der Waals surface area contributed by atoms with Crippen LogP contribution in [0.25, 0.3) is 12.2 Å². The maximum Gasteiger partial charge on any atom is 0.266 e. The van der Waals surface area contributed by atoms with E-state index in [-0.39, 0.29) is 23.9 Å². The van der Waals surface area contributed by atoms with E-state index in [4.69, 9.17) is 13.9 Å². The van der Waals surface area contributed by atoms with E-state index in [0.717, 1.165) is 10.0 Å². The van der Waals surface area contributed by atoms with Crippen molar-refractivity contribution in [2.24, 2.45) is 0 Å². The number of benzene rings is 1. The first-order chi connectivity index (χ1) is 12.1. The van der Waals surface area contributed by atoms with Crippen LogP contribution in [-0.4, -0.2) is 17.6 Å². The minimum atomic E-state index is -0.307. The number of ketones is 1. The number of Topliss-reactive ketones (excluding diaryl/α,β-unsaturated/α-hetero) is 1.